The molecule has 0 unspecified atom stereocenters. The third-order valence-corrected chi connectivity index (χ3v) is 3.35. The molecule has 0 saturated heterocycles. The van der Waals surface area contributed by atoms with Crippen LogP contribution in [0.15, 0.2) is 16.2 Å². The molecule has 0 aromatic carbocycles. The zero-order chi connectivity index (χ0) is 9.97. The van der Waals surface area contributed by atoms with Crippen molar-refractivity contribution in [2.75, 3.05) is 5.32 Å². The molecule has 2 N–H and O–H groups in total. The van der Waals surface area contributed by atoms with Crippen LogP contribution in [0.3, 0.4) is 0 Å². The first-order valence-electron chi connectivity index (χ1n) is 4.09. The second-order valence-electron chi connectivity index (χ2n) is 2.85. The van der Waals surface area contributed by atoms with Crippen LogP contribution < -0.4 is 5.32 Å². The normalized spacial score (nSPS) is 10.4. The summed E-state index contributed by atoms with van der Waals surface area (Å²) in [5.74, 6) is 0. The van der Waals surface area contributed by atoms with Gasteiger partial charge in [-0.3, -0.25) is 5.10 Å². The number of hydrogen-bond donors (Lipinski definition) is 2. The molecule has 4 nitrogen and oxygen atoms in total. The Balaban J connectivity index is 1.98. The maximum absolute atomic E-state index is 4.23. The van der Waals surface area contributed by atoms with Crippen molar-refractivity contribution >= 4 is 32.4 Å². The Bertz CT molecular complexity index is 422. The third kappa shape index (κ3) is 2.13. The van der Waals surface area contributed by atoms with E-state index in [0.717, 1.165) is 27.5 Å². The van der Waals surface area contributed by atoms with E-state index in [4.69, 9.17) is 0 Å². The number of aromatic nitrogens is 3. The highest BCUT2D eigenvalue weighted by Gasteiger charge is 2.02. The summed E-state index contributed by atoms with van der Waals surface area (Å²) >= 11 is 4.88. The summed E-state index contributed by atoms with van der Waals surface area (Å²) in [6.45, 7) is 2.75. The van der Waals surface area contributed by atoms with Gasteiger partial charge < -0.3 is 5.32 Å². The highest BCUT2D eigenvalue weighted by molar-refractivity contribution is 9.10. The zero-order valence-electron chi connectivity index (χ0n) is 7.54. The minimum Gasteiger partial charge on any atom is -0.357 e. The van der Waals surface area contributed by atoms with E-state index >= 15 is 0 Å². The van der Waals surface area contributed by atoms with Crippen molar-refractivity contribution in [3.05, 3.63) is 27.4 Å². The molecule has 2 aromatic rings. The quantitative estimate of drug-likeness (QED) is 0.903. The van der Waals surface area contributed by atoms with E-state index in [0.29, 0.717) is 0 Å². The van der Waals surface area contributed by atoms with Crippen LogP contribution in [0.25, 0.3) is 0 Å². The molecule has 0 aliphatic carbocycles. The second kappa shape index (κ2) is 4.10. The number of anilines is 1. The fourth-order valence-electron chi connectivity index (χ4n) is 1.06. The van der Waals surface area contributed by atoms with E-state index < -0.39 is 0 Å². The van der Waals surface area contributed by atoms with Crippen molar-refractivity contribution < 1.29 is 0 Å². The van der Waals surface area contributed by atoms with Crippen molar-refractivity contribution in [1.29, 1.82) is 0 Å². The fourth-order valence-corrected chi connectivity index (χ4v) is 2.20. The van der Waals surface area contributed by atoms with Crippen molar-refractivity contribution in [3.8, 4) is 0 Å². The van der Waals surface area contributed by atoms with E-state index in [9.17, 15) is 0 Å². The topological polar surface area (TPSA) is 53.6 Å². The Hall–Kier alpha value is -0.880. The molecule has 0 aliphatic rings. The van der Waals surface area contributed by atoms with E-state index in [-0.39, 0.29) is 0 Å². The van der Waals surface area contributed by atoms with Crippen LogP contribution in [-0.4, -0.2) is 15.2 Å². The summed E-state index contributed by atoms with van der Waals surface area (Å²) in [5, 5.41) is 12.9. The molecule has 0 amide bonds. The number of hydrogen-bond acceptors (Lipinski definition) is 4. The Morgan fingerprint density at radius 3 is 3.07 bits per heavy atom. The zero-order valence-corrected chi connectivity index (χ0v) is 9.94. The molecule has 6 heteroatoms. The molecule has 0 saturated carbocycles. The van der Waals surface area contributed by atoms with Crippen LogP contribution in [0, 0.1) is 6.92 Å². The molecule has 0 fully saturated rings. The van der Waals surface area contributed by atoms with Crippen LogP contribution in [0.4, 0.5) is 5.13 Å². The molecule has 14 heavy (non-hydrogen) atoms. The number of nitrogens with one attached hydrogen (secondary N) is 2. The average Bonchev–Trinajstić information content (AvgIpc) is 2.72. The minimum absolute atomic E-state index is 0.752. The lowest BCUT2D eigenvalue weighted by Crippen LogP contribution is -1.99. The lowest BCUT2D eigenvalue weighted by atomic mass is 10.3. The van der Waals surface area contributed by atoms with Gasteiger partial charge in [-0.05, 0) is 22.9 Å². The lowest BCUT2D eigenvalue weighted by Gasteiger charge is -1.99. The highest BCUT2D eigenvalue weighted by atomic mass is 79.9. The molecule has 0 radical (unpaired) electrons. The van der Waals surface area contributed by atoms with Gasteiger partial charge in [-0.1, -0.05) is 0 Å². The number of H-pyrrole nitrogens is 1. The number of halogens is 1. The Kier molecular flexibility index (Phi) is 2.83. The van der Waals surface area contributed by atoms with Crippen molar-refractivity contribution in [2.45, 2.75) is 13.5 Å². The number of nitrogens with zero attached hydrogens (tertiary/aromatic N) is 2. The monoisotopic (exact) mass is 272 g/mol. The maximum atomic E-state index is 4.23. The van der Waals surface area contributed by atoms with Gasteiger partial charge in [0.05, 0.1) is 6.20 Å². The molecule has 74 valence electrons. The van der Waals surface area contributed by atoms with Gasteiger partial charge in [0.2, 0.25) is 0 Å². The summed E-state index contributed by atoms with van der Waals surface area (Å²) in [6.07, 6.45) is 1.82. The molecular formula is C8H9BrN4S. The van der Waals surface area contributed by atoms with E-state index in [1.165, 1.54) is 0 Å². The summed E-state index contributed by atoms with van der Waals surface area (Å²) in [7, 11) is 0. The molecular weight excluding hydrogens is 264 g/mol. The molecule has 0 atom stereocenters. The van der Waals surface area contributed by atoms with Crippen LogP contribution >= 0.6 is 27.3 Å². The maximum Gasteiger partial charge on any atom is 0.184 e. The minimum atomic E-state index is 0.752. The molecule has 0 aliphatic heterocycles. The predicted octanol–water partition coefficient (Wildman–Crippen LogP) is 2.55. The first kappa shape index (κ1) is 9.67. The van der Waals surface area contributed by atoms with Crippen LogP contribution in [0.1, 0.15) is 11.3 Å². The van der Waals surface area contributed by atoms with Gasteiger partial charge in [0.15, 0.2) is 5.13 Å². The van der Waals surface area contributed by atoms with E-state index in [2.05, 4.69) is 36.4 Å². The molecule has 0 spiro atoms. The summed E-state index contributed by atoms with van der Waals surface area (Å²) in [6, 6.07) is 0. The number of thiazole rings is 1. The number of aromatic amines is 1. The van der Waals surface area contributed by atoms with Gasteiger partial charge in [-0.2, -0.15) is 5.10 Å². The van der Waals surface area contributed by atoms with Gasteiger partial charge in [-0.15, -0.1) is 11.3 Å². The first-order valence-corrected chi connectivity index (χ1v) is 5.76. The standard InChI is InChI=1S/C8H9BrN4S/c1-5-6(3-11-13-5)2-10-8-12-7(9)4-14-8/h3-4H,2H2,1H3,(H,10,12)(H,11,13). The first-order chi connectivity index (χ1) is 6.75. The Labute approximate surface area is 93.9 Å². The molecule has 0 bridgehead atoms. The van der Waals surface area contributed by atoms with E-state index in [1.807, 2.05) is 18.5 Å². The Morgan fingerprint density at radius 2 is 2.50 bits per heavy atom. The van der Waals surface area contributed by atoms with Crippen LogP contribution in [-0.2, 0) is 6.54 Å². The fraction of sp³-hybridized carbons (Fsp3) is 0.250. The summed E-state index contributed by atoms with van der Waals surface area (Å²) in [4.78, 5) is 4.23. The molecule has 2 heterocycles. The summed E-state index contributed by atoms with van der Waals surface area (Å²) in [5.41, 5.74) is 2.25. The van der Waals surface area contributed by atoms with E-state index in [1.54, 1.807) is 11.3 Å². The van der Waals surface area contributed by atoms with Crippen LogP contribution in [0.5, 0.6) is 0 Å². The van der Waals surface area contributed by atoms with Gasteiger partial charge in [0, 0.05) is 23.2 Å². The smallest absolute Gasteiger partial charge is 0.184 e. The second-order valence-corrected chi connectivity index (χ2v) is 4.52. The van der Waals surface area contributed by atoms with Gasteiger partial charge >= 0.3 is 0 Å². The van der Waals surface area contributed by atoms with Gasteiger partial charge in [0.1, 0.15) is 4.60 Å². The van der Waals surface area contributed by atoms with Crippen molar-refractivity contribution in [1.82, 2.24) is 15.2 Å². The van der Waals surface area contributed by atoms with Gasteiger partial charge in [0.25, 0.3) is 0 Å². The third-order valence-electron chi connectivity index (χ3n) is 1.84. The molecule has 2 rings (SSSR count). The molecule has 2 aromatic heterocycles. The number of aryl methyl sites for hydroxylation is 1. The van der Waals surface area contributed by atoms with Crippen molar-refractivity contribution in [2.24, 2.45) is 0 Å². The van der Waals surface area contributed by atoms with Crippen molar-refractivity contribution in [3.63, 3.8) is 0 Å². The lowest BCUT2D eigenvalue weighted by molar-refractivity contribution is 1.04. The van der Waals surface area contributed by atoms with Gasteiger partial charge in [-0.25, -0.2) is 4.98 Å². The largest absolute Gasteiger partial charge is 0.357 e. The highest BCUT2D eigenvalue weighted by Crippen LogP contribution is 2.20. The average molecular weight is 273 g/mol. The number of rotatable bonds is 3. The van der Waals surface area contributed by atoms with Crippen LogP contribution in [0.2, 0.25) is 0 Å². The Morgan fingerprint density at radius 1 is 1.64 bits per heavy atom. The summed E-state index contributed by atoms with van der Waals surface area (Å²) < 4.78 is 0.869. The predicted molar refractivity (Wildman–Crippen MR) is 60.5 cm³/mol. The SMILES string of the molecule is Cc1[nH]ncc1CNc1nc(Br)cs1.